The number of rotatable bonds is 2. The van der Waals surface area contributed by atoms with Gasteiger partial charge in [-0.25, -0.2) is 13.6 Å². The van der Waals surface area contributed by atoms with Crippen LogP contribution in [0, 0.1) is 16.8 Å². The van der Waals surface area contributed by atoms with Crippen LogP contribution >= 0.6 is 0 Å². The van der Waals surface area contributed by atoms with Crippen molar-refractivity contribution in [3.8, 4) is 0 Å². The summed E-state index contributed by atoms with van der Waals surface area (Å²) in [6, 6.07) is 0.934. The maximum absolute atomic E-state index is 12.7. The lowest BCUT2D eigenvalue weighted by molar-refractivity contribution is 0.0692. The maximum Gasteiger partial charge on any atom is 0.338 e. The molecule has 4 nitrogen and oxygen atoms in total. The van der Waals surface area contributed by atoms with E-state index in [1.807, 2.05) is 0 Å². The largest absolute Gasteiger partial charge is 0.761 e. The van der Waals surface area contributed by atoms with Gasteiger partial charge in [0.15, 0.2) is 0 Å². The summed E-state index contributed by atoms with van der Waals surface area (Å²) in [5.74, 6) is -3.91. The van der Waals surface area contributed by atoms with Crippen molar-refractivity contribution in [2.24, 2.45) is 0 Å². The Hall–Kier alpha value is -1.69. The van der Waals surface area contributed by atoms with Crippen molar-refractivity contribution in [1.82, 2.24) is 0 Å². The van der Waals surface area contributed by atoms with E-state index in [1.54, 1.807) is 0 Å². The van der Waals surface area contributed by atoms with Crippen LogP contribution in [-0.2, 0) is 0 Å². The van der Waals surface area contributed by atoms with Crippen molar-refractivity contribution in [2.45, 2.75) is 0 Å². The highest BCUT2D eigenvalue weighted by Gasteiger charge is 2.13. The third kappa shape index (κ3) is 1.73. The van der Waals surface area contributed by atoms with Gasteiger partial charge in [-0.3, -0.25) is 0 Å². The van der Waals surface area contributed by atoms with E-state index in [0.29, 0.717) is 12.1 Å². The number of anilines is 1. The molecule has 1 rings (SSSR count). The van der Waals surface area contributed by atoms with Crippen LogP contribution < -0.4 is 5.48 Å². The van der Waals surface area contributed by atoms with Gasteiger partial charge < -0.3 is 15.8 Å². The van der Waals surface area contributed by atoms with Crippen LogP contribution in [0.1, 0.15) is 10.4 Å². The Bertz CT molecular complexity index is 354. The van der Waals surface area contributed by atoms with Gasteiger partial charge in [-0.05, 0) is 6.07 Å². The Morgan fingerprint density at radius 1 is 1.38 bits per heavy atom. The zero-order chi connectivity index (χ0) is 10.0. The Kier molecular flexibility index (Phi) is 2.43. The van der Waals surface area contributed by atoms with E-state index in [1.165, 1.54) is 0 Å². The number of carboxylic acids is 1. The van der Waals surface area contributed by atoms with Crippen LogP contribution in [0.3, 0.4) is 0 Å². The number of carbonyl (C=O) groups is 1. The first kappa shape index (κ1) is 9.40. The number of aromatic carboxylic acids is 1. The highest BCUT2D eigenvalue weighted by molar-refractivity contribution is 5.89. The Balaban J connectivity index is 3.30. The zero-order valence-electron chi connectivity index (χ0n) is 6.17. The monoisotopic (exact) mass is 188 g/mol. The van der Waals surface area contributed by atoms with E-state index in [2.05, 4.69) is 0 Å². The van der Waals surface area contributed by atoms with Crippen LogP contribution in [0.25, 0.3) is 0 Å². The predicted octanol–water partition coefficient (Wildman–Crippen LogP) is 1.57. The highest BCUT2D eigenvalue weighted by atomic mass is 19.1. The van der Waals surface area contributed by atoms with E-state index in [4.69, 9.17) is 5.11 Å². The fourth-order valence-corrected chi connectivity index (χ4v) is 0.791. The number of benzene rings is 1. The van der Waals surface area contributed by atoms with Gasteiger partial charge in [-0.2, -0.15) is 0 Å². The normalized spacial score (nSPS) is 9.77. The average molecular weight is 188 g/mol. The molecule has 70 valence electrons. The molecule has 0 aliphatic heterocycles. The average Bonchev–Trinajstić information content (AvgIpc) is 2.03. The molecule has 0 bridgehead atoms. The summed E-state index contributed by atoms with van der Waals surface area (Å²) < 4.78 is 25.3. The molecule has 0 aliphatic rings. The number of hydrogen-bond donors (Lipinski definition) is 2. The molecule has 0 saturated heterocycles. The molecule has 1 aromatic rings. The zero-order valence-corrected chi connectivity index (χ0v) is 6.17. The quantitative estimate of drug-likeness (QED) is 0.691. The predicted molar refractivity (Wildman–Crippen MR) is 40.3 cm³/mol. The molecule has 0 spiro atoms. The second-order valence-corrected chi connectivity index (χ2v) is 2.22. The highest BCUT2D eigenvalue weighted by Crippen LogP contribution is 2.18. The van der Waals surface area contributed by atoms with E-state index >= 15 is 0 Å². The lowest BCUT2D eigenvalue weighted by atomic mass is 10.2. The first-order valence-corrected chi connectivity index (χ1v) is 3.16. The lowest BCUT2D eigenvalue weighted by Gasteiger charge is -2.11. The molecule has 0 saturated carbocycles. The summed E-state index contributed by atoms with van der Waals surface area (Å²) in [6.45, 7) is 0. The molecule has 0 atom stereocenters. The van der Waals surface area contributed by atoms with Gasteiger partial charge in [0.25, 0.3) is 0 Å². The van der Waals surface area contributed by atoms with Gasteiger partial charge in [0.2, 0.25) is 0 Å². The molecule has 6 heteroatoms. The van der Waals surface area contributed by atoms with Gasteiger partial charge in [0.05, 0.1) is 11.3 Å². The van der Waals surface area contributed by atoms with E-state index in [9.17, 15) is 18.8 Å². The van der Waals surface area contributed by atoms with Crippen molar-refractivity contribution in [2.75, 3.05) is 5.48 Å². The van der Waals surface area contributed by atoms with Gasteiger partial charge in [0, 0.05) is 6.07 Å². The topological polar surface area (TPSA) is 72.4 Å². The molecular weight excluding hydrogens is 184 g/mol. The second kappa shape index (κ2) is 3.36. The van der Waals surface area contributed by atoms with E-state index in [-0.39, 0.29) is 0 Å². The van der Waals surface area contributed by atoms with Crippen LogP contribution in [0.5, 0.6) is 0 Å². The smallest absolute Gasteiger partial charge is 0.338 e. The molecule has 13 heavy (non-hydrogen) atoms. The van der Waals surface area contributed by atoms with Gasteiger partial charge in [0.1, 0.15) is 11.6 Å². The third-order valence-electron chi connectivity index (χ3n) is 1.40. The van der Waals surface area contributed by atoms with Crippen molar-refractivity contribution >= 4 is 11.7 Å². The second-order valence-electron chi connectivity index (χ2n) is 2.22. The summed E-state index contributed by atoms with van der Waals surface area (Å²) in [5.41, 5.74) is -0.186. The van der Waals surface area contributed by atoms with Crippen molar-refractivity contribution in [3.05, 3.63) is 34.5 Å². The molecule has 0 unspecified atom stereocenters. The summed E-state index contributed by atoms with van der Waals surface area (Å²) in [4.78, 5) is 10.3. The van der Waals surface area contributed by atoms with Crippen molar-refractivity contribution < 1.29 is 18.7 Å². The SMILES string of the molecule is O=C(O)c1cc(N[O-])c(F)cc1F. The maximum atomic E-state index is 12.7. The van der Waals surface area contributed by atoms with Gasteiger partial charge in [-0.15, -0.1) is 0 Å². The standard InChI is InChI=1S/C7H4F2NO3/c8-4-2-5(9)6(10-13)1-3(4)7(11)12/h1-2,10H,(H,11,12)/q-1. The van der Waals surface area contributed by atoms with Crippen molar-refractivity contribution in [3.63, 3.8) is 0 Å². The number of carboxylic acid groups (broad SMARTS) is 1. The first-order chi connectivity index (χ1) is 6.06. The molecule has 2 N–H and O–H groups in total. The number of halogens is 2. The minimum Gasteiger partial charge on any atom is -0.761 e. The Morgan fingerprint density at radius 2 is 2.00 bits per heavy atom. The first-order valence-electron chi connectivity index (χ1n) is 3.16. The Labute approximate surface area is 71.4 Å². The van der Waals surface area contributed by atoms with Crippen LogP contribution in [0.2, 0.25) is 0 Å². The number of hydrogen-bond acceptors (Lipinski definition) is 3. The fraction of sp³-hybridized carbons (Fsp3) is 0. The molecule has 0 fully saturated rings. The van der Waals surface area contributed by atoms with Crippen LogP contribution in [0.15, 0.2) is 12.1 Å². The molecule has 0 amide bonds. The molecule has 0 aliphatic carbocycles. The minimum absolute atomic E-state index is 0.337. The third-order valence-corrected chi connectivity index (χ3v) is 1.40. The van der Waals surface area contributed by atoms with E-state index in [0.717, 1.165) is 5.48 Å². The summed E-state index contributed by atoms with van der Waals surface area (Å²) in [6.07, 6.45) is 0. The molecule has 1 aromatic carbocycles. The van der Waals surface area contributed by atoms with Crippen molar-refractivity contribution in [1.29, 1.82) is 0 Å². The lowest BCUT2D eigenvalue weighted by Crippen LogP contribution is -2.03. The summed E-state index contributed by atoms with van der Waals surface area (Å²) in [7, 11) is 0. The summed E-state index contributed by atoms with van der Waals surface area (Å²) in [5, 5.41) is 18.4. The molecular formula is C7H4F2NO3-. The van der Waals surface area contributed by atoms with Crippen LogP contribution in [-0.4, -0.2) is 11.1 Å². The summed E-state index contributed by atoms with van der Waals surface area (Å²) >= 11 is 0. The van der Waals surface area contributed by atoms with Gasteiger partial charge >= 0.3 is 5.97 Å². The molecule has 0 aromatic heterocycles. The van der Waals surface area contributed by atoms with E-state index < -0.39 is 28.9 Å². The fourth-order valence-electron chi connectivity index (χ4n) is 0.791. The number of nitrogens with one attached hydrogen (secondary N) is 1. The van der Waals surface area contributed by atoms with Crippen LogP contribution in [0.4, 0.5) is 14.5 Å². The molecule has 0 radical (unpaired) electrons. The Morgan fingerprint density at radius 3 is 2.46 bits per heavy atom. The minimum atomic E-state index is -1.56. The molecule has 0 heterocycles. The van der Waals surface area contributed by atoms with Gasteiger partial charge in [-0.1, -0.05) is 0 Å².